The summed E-state index contributed by atoms with van der Waals surface area (Å²) in [5.41, 5.74) is 0.464. The summed E-state index contributed by atoms with van der Waals surface area (Å²) in [6.07, 6.45) is -1.15. The van der Waals surface area contributed by atoms with Gasteiger partial charge in [0.05, 0.1) is 36.0 Å². The van der Waals surface area contributed by atoms with E-state index in [0.717, 1.165) is 19.2 Å². The van der Waals surface area contributed by atoms with Crippen molar-refractivity contribution in [2.45, 2.75) is 44.8 Å². The molecule has 1 amide bonds. The highest BCUT2D eigenvalue weighted by atomic mass is 35.5. The van der Waals surface area contributed by atoms with Crippen molar-refractivity contribution in [2.24, 2.45) is 4.99 Å². The SMILES string of the molecule is C[C@@H]1CN(C2CN(C3=NC(=O)C(=Cc4ccc5c(cnn5Cc5ccc(Cl)cc5C(F)(F)F)c4)S3=O)C2)C[C@H](C)O1. The Bertz CT molecular complexity index is 1600. The van der Waals surface area contributed by atoms with Gasteiger partial charge in [0.2, 0.25) is 5.17 Å². The molecule has 0 spiro atoms. The van der Waals surface area contributed by atoms with Gasteiger partial charge in [-0.05, 0) is 55.3 Å². The van der Waals surface area contributed by atoms with E-state index in [1.807, 2.05) is 4.90 Å². The van der Waals surface area contributed by atoms with E-state index in [4.69, 9.17) is 16.3 Å². The molecule has 0 N–H and O–H groups in total. The van der Waals surface area contributed by atoms with Crippen molar-refractivity contribution in [3.63, 3.8) is 0 Å². The topological polar surface area (TPSA) is 80.0 Å². The maximum atomic E-state index is 13.6. The molecule has 8 nitrogen and oxygen atoms in total. The van der Waals surface area contributed by atoms with Crippen molar-refractivity contribution >= 4 is 50.5 Å². The normalized spacial score (nSPS) is 25.3. The quantitative estimate of drug-likeness (QED) is 0.407. The minimum Gasteiger partial charge on any atom is -0.373 e. The fourth-order valence-corrected chi connectivity index (χ4v) is 6.97. The monoisotopic (exact) mass is 605 g/mol. The molecule has 3 atom stereocenters. The van der Waals surface area contributed by atoms with Crippen molar-refractivity contribution in [1.82, 2.24) is 19.6 Å². The molecule has 2 fully saturated rings. The van der Waals surface area contributed by atoms with Gasteiger partial charge >= 0.3 is 6.18 Å². The Kier molecular flexibility index (Phi) is 7.29. The predicted molar refractivity (Wildman–Crippen MR) is 151 cm³/mol. The van der Waals surface area contributed by atoms with Crippen LogP contribution in [0.1, 0.15) is 30.5 Å². The number of aromatic nitrogens is 2. The predicted octanol–water partition coefficient (Wildman–Crippen LogP) is 4.54. The zero-order valence-electron chi connectivity index (χ0n) is 22.3. The number of likely N-dealkylation sites (tertiary alicyclic amines) is 1. The van der Waals surface area contributed by atoms with Crippen LogP contribution in [0.25, 0.3) is 17.0 Å². The number of hydrogen-bond acceptors (Lipinski definition) is 6. The van der Waals surface area contributed by atoms with Gasteiger partial charge in [-0.1, -0.05) is 23.7 Å². The number of morpholine rings is 1. The fraction of sp³-hybridized carbons (Fsp3) is 0.393. The summed E-state index contributed by atoms with van der Waals surface area (Å²) in [7, 11) is -1.70. The standard InChI is InChI=1S/C28H27ClF3N5O3S/c1-16-11-35(12-17(2)40-16)22-14-36(15-22)27-34-26(38)25(41(27)39)8-18-3-6-24-20(7-18)10-33-37(24)13-19-4-5-21(29)9-23(19)28(30,31)32/h3-10,16-17,22H,11-15H2,1-2H3/t16-,17+,41?. The summed E-state index contributed by atoms with van der Waals surface area (Å²) in [5.74, 6) is -0.534. The summed E-state index contributed by atoms with van der Waals surface area (Å²) >= 11 is 5.80. The number of amidine groups is 1. The number of aliphatic imine (C=N–C) groups is 1. The van der Waals surface area contributed by atoms with Gasteiger partial charge in [-0.15, -0.1) is 0 Å². The number of benzene rings is 2. The van der Waals surface area contributed by atoms with Gasteiger partial charge in [-0.25, -0.2) is 4.21 Å². The second kappa shape index (κ2) is 10.6. The van der Waals surface area contributed by atoms with Crippen molar-refractivity contribution < 1.29 is 26.9 Å². The maximum absolute atomic E-state index is 13.6. The molecule has 0 bridgehead atoms. The second-order valence-corrected chi connectivity index (χ2v) is 12.4. The lowest BCUT2D eigenvalue weighted by Crippen LogP contribution is -2.64. The summed E-state index contributed by atoms with van der Waals surface area (Å²) < 4.78 is 61.2. The third-order valence-corrected chi connectivity index (χ3v) is 9.14. The Balaban J connectivity index is 1.16. The van der Waals surface area contributed by atoms with Gasteiger partial charge in [0.1, 0.15) is 15.7 Å². The van der Waals surface area contributed by atoms with Crippen molar-refractivity contribution in [2.75, 3.05) is 26.2 Å². The molecule has 1 unspecified atom stereocenters. The van der Waals surface area contributed by atoms with Gasteiger partial charge in [-0.2, -0.15) is 23.3 Å². The zero-order chi connectivity index (χ0) is 29.1. The molecule has 41 heavy (non-hydrogen) atoms. The Morgan fingerprint density at radius 2 is 1.83 bits per heavy atom. The average molecular weight is 606 g/mol. The summed E-state index contributed by atoms with van der Waals surface area (Å²) in [4.78, 5) is 21.2. The first kappa shape index (κ1) is 28.1. The molecule has 4 heterocycles. The lowest BCUT2D eigenvalue weighted by atomic mass is 10.1. The number of carbonyl (C=O) groups excluding carboxylic acids is 1. The lowest BCUT2D eigenvalue weighted by molar-refractivity contribution is -0.138. The molecular formula is C28H27ClF3N5O3S. The fourth-order valence-electron chi connectivity index (χ4n) is 5.61. The van der Waals surface area contributed by atoms with E-state index in [2.05, 4.69) is 28.8 Å². The first-order valence-electron chi connectivity index (χ1n) is 13.2. The van der Waals surface area contributed by atoms with E-state index in [1.54, 1.807) is 30.5 Å². The van der Waals surface area contributed by atoms with Gasteiger partial charge in [0.25, 0.3) is 5.91 Å². The molecule has 0 aliphatic carbocycles. The third-order valence-electron chi connectivity index (χ3n) is 7.53. The number of carbonyl (C=O) groups is 1. The summed E-state index contributed by atoms with van der Waals surface area (Å²) in [5, 5.41) is 5.23. The molecule has 3 aliphatic rings. The van der Waals surface area contributed by atoms with E-state index in [1.165, 1.54) is 16.8 Å². The molecule has 6 rings (SSSR count). The first-order valence-corrected chi connectivity index (χ1v) is 14.7. The summed E-state index contributed by atoms with van der Waals surface area (Å²) in [6.45, 7) is 6.98. The Morgan fingerprint density at radius 1 is 1.10 bits per heavy atom. The molecule has 13 heteroatoms. The molecule has 1 aromatic heterocycles. The van der Waals surface area contributed by atoms with Gasteiger partial charge in [0, 0.05) is 42.6 Å². The molecule has 0 saturated carbocycles. The molecule has 2 saturated heterocycles. The zero-order valence-corrected chi connectivity index (χ0v) is 23.8. The molecule has 3 aromatic rings. The average Bonchev–Trinajstić information content (AvgIpc) is 3.38. The second-order valence-electron chi connectivity index (χ2n) is 10.7. The molecule has 2 aromatic carbocycles. The number of halogens is 4. The van der Waals surface area contributed by atoms with Crippen LogP contribution in [-0.4, -0.2) is 79.3 Å². The number of nitrogens with zero attached hydrogens (tertiary/aromatic N) is 5. The minimum absolute atomic E-state index is 0.00496. The van der Waals surface area contributed by atoms with Crippen LogP contribution in [-0.2, 0) is 33.1 Å². The van der Waals surface area contributed by atoms with Crippen LogP contribution < -0.4 is 0 Å². The van der Waals surface area contributed by atoms with Crippen LogP contribution in [0.3, 0.4) is 0 Å². The molecule has 0 radical (unpaired) electrons. The van der Waals surface area contributed by atoms with Gasteiger partial charge in [0.15, 0.2) is 0 Å². The van der Waals surface area contributed by atoms with E-state index in [0.29, 0.717) is 35.6 Å². The highest BCUT2D eigenvalue weighted by Crippen LogP contribution is 2.35. The largest absolute Gasteiger partial charge is 0.416 e. The lowest BCUT2D eigenvalue weighted by Gasteiger charge is -2.49. The third kappa shape index (κ3) is 5.57. The maximum Gasteiger partial charge on any atom is 0.416 e. The van der Waals surface area contributed by atoms with E-state index in [9.17, 15) is 22.2 Å². The van der Waals surface area contributed by atoms with Crippen LogP contribution >= 0.6 is 11.6 Å². The highest BCUT2D eigenvalue weighted by Gasteiger charge is 2.42. The van der Waals surface area contributed by atoms with Gasteiger partial charge < -0.3 is 9.64 Å². The number of fused-ring (bicyclic) bond motifs is 1. The molecule has 216 valence electrons. The van der Waals surface area contributed by atoms with Crippen molar-refractivity contribution in [1.29, 1.82) is 0 Å². The number of rotatable bonds is 4. The van der Waals surface area contributed by atoms with Crippen LogP contribution in [0.4, 0.5) is 13.2 Å². The Hall–Kier alpha value is -3.06. The number of amides is 1. The van der Waals surface area contributed by atoms with Crippen LogP contribution in [0.15, 0.2) is 52.5 Å². The highest BCUT2D eigenvalue weighted by molar-refractivity contribution is 8.05. The van der Waals surface area contributed by atoms with Crippen LogP contribution in [0.2, 0.25) is 5.02 Å². The summed E-state index contributed by atoms with van der Waals surface area (Å²) in [6, 6.07) is 9.15. The Labute approximate surface area is 241 Å². The van der Waals surface area contributed by atoms with E-state index < -0.39 is 28.4 Å². The smallest absolute Gasteiger partial charge is 0.373 e. The van der Waals surface area contributed by atoms with E-state index in [-0.39, 0.29) is 39.4 Å². The van der Waals surface area contributed by atoms with Crippen molar-refractivity contribution in [3.8, 4) is 0 Å². The number of ether oxygens (including phenoxy) is 1. The first-order chi connectivity index (χ1) is 19.5. The van der Waals surface area contributed by atoms with Crippen LogP contribution in [0, 0.1) is 0 Å². The van der Waals surface area contributed by atoms with E-state index >= 15 is 0 Å². The minimum atomic E-state index is -4.55. The van der Waals surface area contributed by atoms with Crippen LogP contribution in [0.5, 0.6) is 0 Å². The molecular weight excluding hydrogens is 579 g/mol. The molecule has 3 aliphatic heterocycles. The number of alkyl halides is 3. The van der Waals surface area contributed by atoms with Crippen molar-refractivity contribution in [3.05, 3.63) is 69.2 Å². The number of hydrogen-bond donors (Lipinski definition) is 0. The Morgan fingerprint density at radius 3 is 2.54 bits per heavy atom. The van der Waals surface area contributed by atoms with Gasteiger partial charge in [-0.3, -0.25) is 14.4 Å².